The second-order valence-electron chi connectivity index (χ2n) is 1.50. The fraction of sp³-hybridized carbons (Fsp3) is 1.00. The first-order valence-corrected chi connectivity index (χ1v) is 9.81. The monoisotopic (exact) mass is 341 g/mol. The smallest absolute Gasteiger partial charge is 0.00680 e. The zero-order chi connectivity index (χ0) is 7.49. The summed E-state index contributed by atoms with van der Waals surface area (Å²) < 4.78 is 2.27. The molecule has 0 fully saturated rings. The van der Waals surface area contributed by atoms with Crippen LogP contribution in [0.25, 0.3) is 0 Å². The van der Waals surface area contributed by atoms with Crippen molar-refractivity contribution in [3.8, 4) is 0 Å². The molecule has 0 saturated heterocycles. The highest BCUT2D eigenvalue weighted by atomic mass is 80.0. The minimum absolute atomic E-state index is 0.994. The summed E-state index contributed by atoms with van der Waals surface area (Å²) in [4.78, 5) is 0. The van der Waals surface area contributed by atoms with E-state index >= 15 is 0 Å². The van der Waals surface area contributed by atoms with E-state index in [1.165, 1.54) is 0 Å². The van der Waals surface area contributed by atoms with Crippen LogP contribution >= 0.6 is 50.0 Å². The lowest BCUT2D eigenvalue weighted by Gasteiger charge is -2.31. The molecule has 0 aromatic carbocycles. The second kappa shape index (κ2) is 4.59. The topological polar surface area (TPSA) is 3.24 Å². The van der Waals surface area contributed by atoms with Gasteiger partial charge in [0, 0.05) is 57.5 Å². The van der Waals surface area contributed by atoms with Crippen LogP contribution in [0.15, 0.2) is 0 Å². The van der Waals surface area contributed by atoms with Crippen LogP contribution in [-0.4, -0.2) is 17.4 Å². The van der Waals surface area contributed by atoms with Crippen molar-refractivity contribution >= 4 is 50.0 Å². The molecule has 0 heterocycles. The van der Waals surface area contributed by atoms with Gasteiger partial charge in [0.05, 0.1) is 0 Å². The van der Waals surface area contributed by atoms with Crippen LogP contribution in [0.3, 0.4) is 0 Å². The van der Waals surface area contributed by atoms with Crippen molar-refractivity contribution in [1.82, 2.24) is 4.31 Å². The molecule has 5 heteroatoms. The Balaban J connectivity index is 3.79. The highest BCUT2D eigenvalue weighted by molar-refractivity contribution is 10.2. The number of rotatable bonds is 3. The molecule has 0 amide bonds. The van der Waals surface area contributed by atoms with E-state index in [0.717, 1.165) is 13.1 Å². The summed E-state index contributed by atoms with van der Waals surface area (Å²) in [5, 5.41) is 0. The zero-order valence-electron chi connectivity index (χ0n) is 5.40. The van der Waals surface area contributed by atoms with Gasteiger partial charge in [-0.1, -0.05) is 13.8 Å². The fourth-order valence-electron chi connectivity index (χ4n) is 0.516. The van der Waals surface area contributed by atoms with Crippen molar-refractivity contribution in [1.29, 1.82) is 0 Å². The van der Waals surface area contributed by atoms with E-state index in [9.17, 15) is 0 Å². The van der Waals surface area contributed by atoms with E-state index < -0.39 is 5.51 Å². The minimum atomic E-state index is -0.994. The highest BCUT2D eigenvalue weighted by Gasteiger charge is 2.18. The van der Waals surface area contributed by atoms with Crippen molar-refractivity contribution in [3.63, 3.8) is 0 Å². The molecule has 0 atom stereocenters. The van der Waals surface area contributed by atoms with E-state index in [4.69, 9.17) is 0 Å². The van der Waals surface area contributed by atoms with Crippen LogP contribution in [0.5, 0.6) is 0 Å². The third kappa shape index (κ3) is 4.24. The number of halogens is 3. The van der Waals surface area contributed by atoms with Crippen LogP contribution in [0.2, 0.25) is 0 Å². The summed E-state index contributed by atoms with van der Waals surface area (Å²) in [6.07, 6.45) is 0. The standard InChI is InChI=1S/C4H10Br3NS/c1-3-8(4-2)9(5,6)7/h3-4H2,1-2H3. The van der Waals surface area contributed by atoms with Gasteiger partial charge in [0.1, 0.15) is 0 Å². The lowest BCUT2D eigenvalue weighted by Crippen LogP contribution is -2.17. The van der Waals surface area contributed by atoms with Crippen molar-refractivity contribution in [2.24, 2.45) is 0 Å². The second-order valence-corrected chi connectivity index (χ2v) is 19.0. The van der Waals surface area contributed by atoms with Crippen molar-refractivity contribution < 1.29 is 0 Å². The van der Waals surface area contributed by atoms with E-state index in [2.05, 4.69) is 62.6 Å². The minimum Gasteiger partial charge on any atom is -0.242 e. The number of nitrogens with zero attached hydrogens (tertiary/aromatic N) is 1. The fourth-order valence-corrected chi connectivity index (χ4v) is 4.79. The molecule has 0 aromatic rings. The van der Waals surface area contributed by atoms with Gasteiger partial charge >= 0.3 is 0 Å². The molecule has 0 aliphatic heterocycles. The van der Waals surface area contributed by atoms with Gasteiger partial charge in [0.25, 0.3) is 0 Å². The average Bonchev–Trinajstić information content (AvgIpc) is 1.65. The van der Waals surface area contributed by atoms with Gasteiger partial charge < -0.3 is 0 Å². The van der Waals surface area contributed by atoms with E-state index in [0.29, 0.717) is 0 Å². The maximum atomic E-state index is 3.51. The van der Waals surface area contributed by atoms with Gasteiger partial charge in [-0.05, 0) is 5.51 Å². The maximum Gasteiger partial charge on any atom is 0.00680 e. The van der Waals surface area contributed by atoms with Gasteiger partial charge in [0.2, 0.25) is 0 Å². The van der Waals surface area contributed by atoms with Crippen LogP contribution in [0, 0.1) is 0 Å². The third-order valence-electron chi connectivity index (χ3n) is 0.998. The number of hydrogen-bond acceptors (Lipinski definition) is 1. The Kier molecular flexibility index (Phi) is 5.48. The first kappa shape index (κ1) is 10.8. The van der Waals surface area contributed by atoms with Crippen LogP contribution in [0.1, 0.15) is 13.8 Å². The molecular formula is C4H10Br3NS. The summed E-state index contributed by atoms with van der Waals surface area (Å²) in [5.74, 6) is 0. The molecule has 0 rings (SSSR count). The van der Waals surface area contributed by atoms with E-state index in [1.807, 2.05) is 0 Å². The van der Waals surface area contributed by atoms with E-state index in [1.54, 1.807) is 0 Å². The van der Waals surface area contributed by atoms with Crippen LogP contribution in [-0.2, 0) is 0 Å². The highest BCUT2D eigenvalue weighted by Crippen LogP contribution is 2.71. The molecule has 0 aliphatic rings. The summed E-state index contributed by atoms with van der Waals surface area (Å²) in [5.41, 5.74) is -0.994. The predicted molar refractivity (Wildman–Crippen MR) is 57.3 cm³/mol. The van der Waals surface area contributed by atoms with Gasteiger partial charge in [-0.2, -0.15) is 0 Å². The van der Waals surface area contributed by atoms with Gasteiger partial charge in [-0.3, -0.25) is 0 Å². The summed E-state index contributed by atoms with van der Waals surface area (Å²) in [6, 6.07) is 0. The van der Waals surface area contributed by atoms with Crippen molar-refractivity contribution in [2.45, 2.75) is 13.8 Å². The first-order chi connectivity index (χ1) is 4.02. The number of hydrogen-bond donors (Lipinski definition) is 0. The maximum absolute atomic E-state index is 3.51. The molecule has 0 N–H and O–H groups in total. The predicted octanol–water partition coefficient (Wildman–Crippen LogP) is 3.98. The summed E-state index contributed by atoms with van der Waals surface area (Å²) in [7, 11) is 0. The Hall–Kier alpha value is 1.75. The average molecular weight is 344 g/mol. The quantitative estimate of drug-likeness (QED) is 0.749. The van der Waals surface area contributed by atoms with Gasteiger partial charge in [-0.15, -0.1) is 0 Å². The largest absolute Gasteiger partial charge is 0.242 e. The molecule has 0 aromatic heterocycles. The molecule has 0 aliphatic carbocycles. The summed E-state index contributed by atoms with van der Waals surface area (Å²) in [6.45, 7) is 6.37. The molecule has 58 valence electrons. The Bertz CT molecular complexity index is 78.4. The Morgan fingerprint density at radius 1 is 1.11 bits per heavy atom. The van der Waals surface area contributed by atoms with Gasteiger partial charge in [0.15, 0.2) is 0 Å². The normalized spacial score (nSPS) is 14.4. The lowest BCUT2D eigenvalue weighted by atomic mass is 10.7. The summed E-state index contributed by atoms with van der Waals surface area (Å²) >= 11 is 10.5. The zero-order valence-corrected chi connectivity index (χ0v) is 11.0. The molecule has 0 unspecified atom stereocenters. The van der Waals surface area contributed by atoms with E-state index in [-0.39, 0.29) is 0 Å². The van der Waals surface area contributed by atoms with Crippen molar-refractivity contribution in [2.75, 3.05) is 13.1 Å². The molecule has 0 radical (unpaired) electrons. The lowest BCUT2D eigenvalue weighted by molar-refractivity contribution is 0.528. The Labute approximate surface area is 80.6 Å². The Morgan fingerprint density at radius 2 is 1.44 bits per heavy atom. The van der Waals surface area contributed by atoms with Crippen LogP contribution in [0.4, 0.5) is 0 Å². The first-order valence-electron chi connectivity index (χ1n) is 2.69. The molecular weight excluding hydrogens is 334 g/mol. The SMILES string of the molecule is CCN(CC)S(Br)(Br)Br. The molecule has 0 saturated carbocycles. The van der Waals surface area contributed by atoms with Crippen LogP contribution < -0.4 is 0 Å². The molecule has 0 spiro atoms. The Morgan fingerprint density at radius 3 is 1.44 bits per heavy atom. The molecule has 1 nitrogen and oxygen atoms in total. The van der Waals surface area contributed by atoms with Gasteiger partial charge in [-0.25, -0.2) is 4.31 Å². The molecule has 9 heavy (non-hydrogen) atoms. The molecule has 0 bridgehead atoms. The third-order valence-corrected chi connectivity index (χ3v) is 5.79. The van der Waals surface area contributed by atoms with Crippen molar-refractivity contribution in [3.05, 3.63) is 0 Å².